The lowest BCUT2D eigenvalue weighted by molar-refractivity contribution is -0.153. The highest BCUT2D eigenvalue weighted by atomic mass is 32.2. The van der Waals surface area contributed by atoms with E-state index in [0.717, 1.165) is 71.0 Å². The minimum atomic E-state index is -0.989. The Hall–Kier alpha value is -4.68. The molecule has 0 fully saturated rings. The number of esters is 2. The molecule has 2 amide bonds. The fourth-order valence-electron chi connectivity index (χ4n) is 7.66. The molecule has 0 saturated heterocycles. The van der Waals surface area contributed by atoms with E-state index in [4.69, 9.17) is 18.9 Å². The molecule has 3 aromatic rings. The molecule has 2 aliphatic heterocycles. The molecule has 0 radical (unpaired) electrons. The second-order valence-electron chi connectivity index (χ2n) is 14.8. The molecule has 302 valence electrons. The third-order valence-electron chi connectivity index (χ3n) is 10.7. The van der Waals surface area contributed by atoms with E-state index in [1.165, 1.54) is 25.6 Å². The number of amides is 2. The minimum Gasteiger partial charge on any atom is -0.497 e. The zero-order chi connectivity index (χ0) is 40.5. The number of carbonyl (C=O) groups excluding carboxylic acids is 4. The quantitative estimate of drug-likeness (QED) is 0.109. The van der Waals surface area contributed by atoms with Gasteiger partial charge < -0.3 is 28.7 Å². The largest absolute Gasteiger partial charge is 0.497 e. The van der Waals surface area contributed by atoms with E-state index >= 15 is 0 Å². The van der Waals surface area contributed by atoms with Crippen LogP contribution in [0.25, 0.3) is 0 Å². The lowest BCUT2D eigenvalue weighted by Crippen LogP contribution is -2.50. The van der Waals surface area contributed by atoms with Crippen molar-refractivity contribution < 1.29 is 38.1 Å². The summed E-state index contributed by atoms with van der Waals surface area (Å²) >= 11 is 3.13. The number of fused-ring (bicyclic) bond motifs is 2. The molecule has 10 nitrogen and oxygen atoms in total. The second-order valence-corrected chi connectivity index (χ2v) is 17.2. The zero-order valence-corrected chi connectivity index (χ0v) is 34.9. The number of ether oxygens (including phenoxy) is 4. The van der Waals surface area contributed by atoms with Gasteiger partial charge in [-0.2, -0.15) is 0 Å². The van der Waals surface area contributed by atoms with Gasteiger partial charge >= 0.3 is 11.9 Å². The second kappa shape index (κ2) is 19.2. The standard InChI is InChI=1S/C45H52N2O8S2/c1-30(48)54-39-41(32-20-22-33(52-4)23-21-32)56-37-18-12-10-16-35(37)46(43(39)50)28-14-8-6-7-9-15-29-47-36-17-11-13-19-38(36)57-42(40(44(47)51)55-31(2)49)45(3)26-24-34(53-5)25-27-45/h10-13,16-26,39-42H,6-9,14-15,27-29H2,1-5H3/t39-,40-,41+,42-,45?/m1/s1. The number of thioether (sulfide) groups is 2. The molecule has 1 aliphatic carbocycles. The molecule has 57 heavy (non-hydrogen) atoms. The predicted molar refractivity (Wildman–Crippen MR) is 225 cm³/mol. The Bertz CT molecular complexity index is 1980. The Kier molecular flexibility index (Phi) is 14.1. The summed E-state index contributed by atoms with van der Waals surface area (Å²) in [5.41, 5.74) is 2.08. The Morgan fingerprint density at radius 2 is 1.23 bits per heavy atom. The number of hydrogen-bond acceptors (Lipinski definition) is 10. The van der Waals surface area contributed by atoms with Crippen molar-refractivity contribution in [1.82, 2.24) is 0 Å². The van der Waals surface area contributed by atoms with E-state index in [0.29, 0.717) is 25.3 Å². The highest BCUT2D eigenvalue weighted by molar-refractivity contribution is 8.00. The molecular weight excluding hydrogens is 761 g/mol. The molecule has 6 rings (SSSR count). The number of allylic oxidation sites excluding steroid dienone is 3. The van der Waals surface area contributed by atoms with Crippen LogP contribution in [0.1, 0.15) is 76.5 Å². The van der Waals surface area contributed by atoms with Gasteiger partial charge in [0, 0.05) is 42.1 Å². The molecule has 3 aliphatic rings. The van der Waals surface area contributed by atoms with Crippen LogP contribution in [0.2, 0.25) is 0 Å². The predicted octanol–water partition coefficient (Wildman–Crippen LogP) is 9.08. The van der Waals surface area contributed by atoms with Crippen molar-refractivity contribution in [2.45, 2.75) is 98.2 Å². The highest BCUT2D eigenvalue weighted by Crippen LogP contribution is 2.50. The number of methoxy groups -OCH3 is 2. The Labute approximate surface area is 344 Å². The van der Waals surface area contributed by atoms with Crippen molar-refractivity contribution in [3.8, 4) is 5.75 Å². The zero-order valence-electron chi connectivity index (χ0n) is 33.3. The number of nitrogens with zero attached hydrogens (tertiary/aromatic N) is 2. The van der Waals surface area contributed by atoms with E-state index in [9.17, 15) is 19.2 Å². The van der Waals surface area contributed by atoms with Gasteiger partial charge in [-0.15, -0.1) is 23.5 Å². The Balaban J connectivity index is 1.07. The first-order valence-corrected chi connectivity index (χ1v) is 21.3. The summed E-state index contributed by atoms with van der Waals surface area (Å²) in [7, 11) is 3.24. The maximum atomic E-state index is 14.4. The monoisotopic (exact) mass is 812 g/mol. The summed E-state index contributed by atoms with van der Waals surface area (Å²) in [5, 5.41) is -0.769. The molecule has 0 bridgehead atoms. The van der Waals surface area contributed by atoms with Gasteiger partial charge in [-0.05, 0) is 73.4 Å². The van der Waals surface area contributed by atoms with Crippen LogP contribution in [0.5, 0.6) is 5.75 Å². The van der Waals surface area contributed by atoms with Crippen molar-refractivity contribution >= 4 is 58.7 Å². The number of rotatable bonds is 15. The van der Waals surface area contributed by atoms with Gasteiger partial charge in [0.05, 0.1) is 36.1 Å². The van der Waals surface area contributed by atoms with Crippen molar-refractivity contribution in [1.29, 1.82) is 0 Å². The molecule has 0 spiro atoms. The van der Waals surface area contributed by atoms with Crippen molar-refractivity contribution in [3.05, 3.63) is 102 Å². The average Bonchev–Trinajstić information content (AvgIpc) is 3.40. The minimum absolute atomic E-state index is 0.203. The topological polar surface area (TPSA) is 112 Å². The summed E-state index contributed by atoms with van der Waals surface area (Å²) < 4.78 is 22.4. The van der Waals surface area contributed by atoms with Gasteiger partial charge in [0.25, 0.3) is 11.8 Å². The number of carbonyl (C=O) groups is 4. The summed E-state index contributed by atoms with van der Waals surface area (Å²) in [6.45, 7) is 5.80. The molecule has 3 aromatic carbocycles. The molecule has 12 heteroatoms. The van der Waals surface area contributed by atoms with E-state index in [1.54, 1.807) is 35.8 Å². The van der Waals surface area contributed by atoms with Crippen molar-refractivity contribution in [2.75, 3.05) is 37.1 Å². The number of benzene rings is 3. The Morgan fingerprint density at radius 3 is 1.75 bits per heavy atom. The van der Waals surface area contributed by atoms with Crippen LogP contribution in [0.3, 0.4) is 0 Å². The first-order chi connectivity index (χ1) is 27.5. The molecule has 0 saturated carbocycles. The molecular formula is C45H52N2O8S2. The number of anilines is 2. The van der Waals surface area contributed by atoms with Crippen LogP contribution in [0.4, 0.5) is 11.4 Å². The molecule has 0 N–H and O–H groups in total. The van der Waals surface area contributed by atoms with Crippen molar-refractivity contribution in [2.24, 2.45) is 5.41 Å². The highest BCUT2D eigenvalue weighted by Gasteiger charge is 2.48. The first-order valence-electron chi connectivity index (χ1n) is 19.6. The third-order valence-corrected chi connectivity index (χ3v) is 13.7. The van der Waals surface area contributed by atoms with Crippen LogP contribution in [-0.4, -0.2) is 68.5 Å². The smallest absolute Gasteiger partial charge is 0.303 e. The average molecular weight is 813 g/mol. The van der Waals surface area contributed by atoms with Gasteiger partial charge in [-0.3, -0.25) is 19.2 Å². The van der Waals surface area contributed by atoms with Crippen LogP contribution in [-0.2, 0) is 33.4 Å². The van der Waals surface area contributed by atoms with Crippen LogP contribution in [0.15, 0.2) is 107 Å². The Morgan fingerprint density at radius 1 is 0.702 bits per heavy atom. The van der Waals surface area contributed by atoms with Gasteiger partial charge in [0.2, 0.25) is 0 Å². The first kappa shape index (κ1) is 41.9. The number of unbranched alkanes of at least 4 members (excludes halogenated alkanes) is 5. The number of para-hydroxylation sites is 2. The lowest BCUT2D eigenvalue weighted by atomic mass is 9.77. The maximum absolute atomic E-state index is 14.4. The normalized spacial score (nSPS) is 23.1. The van der Waals surface area contributed by atoms with E-state index in [1.807, 2.05) is 84.9 Å². The molecule has 1 unspecified atom stereocenters. The van der Waals surface area contributed by atoms with Crippen LogP contribution < -0.4 is 14.5 Å². The van der Waals surface area contributed by atoms with E-state index < -0.39 is 34.8 Å². The van der Waals surface area contributed by atoms with Gasteiger partial charge in [-0.1, -0.05) is 75.1 Å². The summed E-state index contributed by atoms with van der Waals surface area (Å²) in [5.74, 6) is 0.0596. The maximum Gasteiger partial charge on any atom is 0.303 e. The van der Waals surface area contributed by atoms with Crippen LogP contribution >= 0.6 is 23.5 Å². The number of hydrogen-bond donors (Lipinski definition) is 0. The van der Waals surface area contributed by atoms with Gasteiger partial charge in [0.1, 0.15) is 11.5 Å². The SMILES string of the molecule is COC1=CCC(C)([C@@H]2Sc3ccccc3N(CCCCCCCCN3C(=O)[C@H](OC(C)=O)[C@H](c4ccc(OC)cc4)Sc4ccccc43)C(=O)[C@@H]2OC(C)=O)C=C1. The summed E-state index contributed by atoms with van der Waals surface area (Å²) in [4.78, 5) is 58.8. The van der Waals surface area contributed by atoms with Gasteiger partial charge in [-0.25, -0.2) is 0 Å². The van der Waals surface area contributed by atoms with Crippen molar-refractivity contribution in [3.63, 3.8) is 0 Å². The molecule has 5 atom stereocenters. The summed E-state index contributed by atoms with van der Waals surface area (Å²) in [6, 6.07) is 23.3. The van der Waals surface area contributed by atoms with Crippen LogP contribution in [0, 0.1) is 5.41 Å². The van der Waals surface area contributed by atoms with Gasteiger partial charge in [0.15, 0.2) is 12.2 Å². The fourth-order valence-corrected chi connectivity index (χ4v) is 10.4. The molecule has 0 aromatic heterocycles. The summed E-state index contributed by atoms with van der Waals surface area (Å²) in [6.07, 6.45) is 10.0. The third kappa shape index (κ3) is 9.90. The lowest BCUT2D eigenvalue weighted by Gasteiger charge is -2.38. The van der Waals surface area contributed by atoms with E-state index in [2.05, 4.69) is 13.0 Å². The molecule has 2 heterocycles. The fraction of sp³-hybridized carbons (Fsp3) is 0.422. The van der Waals surface area contributed by atoms with E-state index in [-0.39, 0.29) is 17.1 Å².